The van der Waals surface area contributed by atoms with Crippen LogP contribution in [0.15, 0.2) is 48.5 Å². The first-order valence-electron chi connectivity index (χ1n) is 10.1. The van der Waals surface area contributed by atoms with E-state index in [0.717, 1.165) is 19.3 Å². The highest BCUT2D eigenvalue weighted by molar-refractivity contribution is 5.92. The fraction of sp³-hybridized carbons (Fsp3) is 0.391. The Morgan fingerprint density at radius 2 is 1.90 bits per heavy atom. The smallest absolute Gasteiger partial charge is 0.238 e. The number of anilines is 1. The normalized spacial score (nSPS) is 15.5. The summed E-state index contributed by atoms with van der Waals surface area (Å²) in [7, 11) is 1.59. The highest BCUT2D eigenvalue weighted by atomic mass is 16.5. The highest BCUT2D eigenvalue weighted by Crippen LogP contribution is 2.29. The van der Waals surface area contributed by atoms with Crippen LogP contribution < -0.4 is 15.4 Å². The summed E-state index contributed by atoms with van der Waals surface area (Å²) in [5.74, 6) is 0.473. The number of nitrogens with zero attached hydrogens (tertiary/aromatic N) is 1. The number of hydrogen-bond donors (Lipinski definition) is 2. The molecule has 2 aromatic carbocycles. The zero-order valence-electron chi connectivity index (χ0n) is 17.1. The Balaban J connectivity index is 1.53. The lowest BCUT2D eigenvalue weighted by Gasteiger charge is -2.27. The van der Waals surface area contributed by atoms with Crippen LogP contribution in [0.4, 0.5) is 5.69 Å². The molecule has 0 saturated heterocycles. The number of nitrogens with one attached hydrogen (secondary N) is 2. The molecule has 0 bridgehead atoms. The Morgan fingerprint density at radius 3 is 2.69 bits per heavy atom. The van der Waals surface area contributed by atoms with Crippen molar-refractivity contribution in [2.45, 2.75) is 32.2 Å². The van der Waals surface area contributed by atoms with Crippen LogP contribution in [0, 0.1) is 0 Å². The van der Waals surface area contributed by atoms with Crippen LogP contribution >= 0.6 is 0 Å². The van der Waals surface area contributed by atoms with Crippen LogP contribution in [0.3, 0.4) is 0 Å². The molecule has 1 aliphatic carbocycles. The fourth-order valence-corrected chi connectivity index (χ4v) is 3.73. The first-order chi connectivity index (χ1) is 14.1. The minimum atomic E-state index is -0.157. The minimum absolute atomic E-state index is 0.0526. The van der Waals surface area contributed by atoms with Crippen LogP contribution in [0.5, 0.6) is 5.75 Å². The number of methoxy groups -OCH3 is 1. The van der Waals surface area contributed by atoms with Gasteiger partial charge in [0.05, 0.1) is 26.2 Å². The van der Waals surface area contributed by atoms with Gasteiger partial charge in [0, 0.05) is 11.8 Å². The van der Waals surface area contributed by atoms with Gasteiger partial charge in [0.1, 0.15) is 5.75 Å². The number of carbonyl (C=O) groups is 2. The maximum atomic E-state index is 12.6. The molecular formula is C23H29N3O3. The van der Waals surface area contributed by atoms with E-state index in [2.05, 4.69) is 22.8 Å². The van der Waals surface area contributed by atoms with Gasteiger partial charge in [0.15, 0.2) is 0 Å². The van der Waals surface area contributed by atoms with Gasteiger partial charge in [0.25, 0.3) is 0 Å². The van der Waals surface area contributed by atoms with Gasteiger partial charge >= 0.3 is 0 Å². The summed E-state index contributed by atoms with van der Waals surface area (Å²) in [5, 5.41) is 6.01. The van der Waals surface area contributed by atoms with Gasteiger partial charge < -0.3 is 15.4 Å². The summed E-state index contributed by atoms with van der Waals surface area (Å²) in [6.07, 6.45) is 3.08. The molecule has 0 aromatic heterocycles. The molecule has 1 aliphatic rings. The number of amides is 2. The number of hydrogen-bond acceptors (Lipinski definition) is 4. The fourth-order valence-electron chi connectivity index (χ4n) is 3.73. The van der Waals surface area contributed by atoms with E-state index < -0.39 is 0 Å². The van der Waals surface area contributed by atoms with E-state index in [9.17, 15) is 9.59 Å². The van der Waals surface area contributed by atoms with E-state index in [0.29, 0.717) is 18.0 Å². The standard InChI is InChI=1S/C23H29N3O3/c1-3-26(15-22(27)24-18-10-7-11-19(14-18)29-2)16-23(28)25-21-13-6-9-17-8-4-5-12-20(17)21/h4-5,7-8,10-12,14,21H,3,6,9,13,15-16H2,1-2H3,(H,24,27)(H,25,28)/t21-/m0/s1. The number of carbonyl (C=O) groups excluding carboxylic acids is 2. The Kier molecular flexibility index (Phi) is 7.25. The quantitative estimate of drug-likeness (QED) is 0.720. The molecule has 0 unspecified atom stereocenters. The molecule has 0 fully saturated rings. The predicted octanol–water partition coefficient (Wildman–Crippen LogP) is 3.15. The average molecular weight is 396 g/mol. The summed E-state index contributed by atoms with van der Waals surface area (Å²) < 4.78 is 5.17. The van der Waals surface area contributed by atoms with Gasteiger partial charge in [-0.15, -0.1) is 0 Å². The lowest BCUT2D eigenvalue weighted by Crippen LogP contribution is -2.42. The number of fused-ring (bicyclic) bond motifs is 1. The highest BCUT2D eigenvalue weighted by Gasteiger charge is 2.22. The number of aryl methyl sites for hydroxylation is 1. The SMILES string of the molecule is CCN(CC(=O)Nc1cccc(OC)c1)CC(=O)N[C@H]1CCCc2ccccc21. The summed E-state index contributed by atoms with van der Waals surface area (Å²) >= 11 is 0. The molecule has 1 atom stereocenters. The van der Waals surface area contributed by atoms with Gasteiger partial charge in [-0.25, -0.2) is 0 Å². The largest absolute Gasteiger partial charge is 0.497 e. The van der Waals surface area contributed by atoms with Crippen molar-refractivity contribution >= 4 is 17.5 Å². The van der Waals surface area contributed by atoms with Crippen molar-refractivity contribution < 1.29 is 14.3 Å². The molecule has 6 nitrogen and oxygen atoms in total. The van der Waals surface area contributed by atoms with Crippen LogP contribution in [-0.4, -0.2) is 43.5 Å². The van der Waals surface area contributed by atoms with Crippen molar-refractivity contribution in [1.29, 1.82) is 0 Å². The molecule has 0 heterocycles. The zero-order valence-corrected chi connectivity index (χ0v) is 17.1. The van der Waals surface area contributed by atoms with E-state index in [1.807, 2.05) is 42.2 Å². The number of likely N-dealkylation sites (N-methyl/N-ethyl adjacent to an activating group) is 1. The van der Waals surface area contributed by atoms with Crippen LogP contribution in [-0.2, 0) is 16.0 Å². The molecule has 2 amide bonds. The molecule has 0 saturated carbocycles. The molecular weight excluding hydrogens is 366 g/mol. The van der Waals surface area contributed by atoms with Gasteiger partial charge in [-0.1, -0.05) is 37.3 Å². The third kappa shape index (κ3) is 5.81. The van der Waals surface area contributed by atoms with Crippen molar-refractivity contribution in [1.82, 2.24) is 10.2 Å². The van der Waals surface area contributed by atoms with E-state index in [-0.39, 0.29) is 30.9 Å². The Hall–Kier alpha value is -2.86. The summed E-state index contributed by atoms with van der Waals surface area (Å²) in [4.78, 5) is 26.8. The number of ether oxygens (including phenoxy) is 1. The second-order valence-electron chi connectivity index (χ2n) is 7.29. The molecule has 2 aromatic rings. The van der Waals surface area contributed by atoms with Crippen LogP contribution in [0.25, 0.3) is 0 Å². The Labute approximate surface area is 172 Å². The first kappa shape index (κ1) is 20.9. The lowest BCUT2D eigenvalue weighted by atomic mass is 9.88. The second kappa shape index (κ2) is 10.1. The van der Waals surface area contributed by atoms with E-state index in [1.54, 1.807) is 13.2 Å². The molecule has 6 heteroatoms. The molecule has 0 spiro atoms. The minimum Gasteiger partial charge on any atom is -0.497 e. The van der Waals surface area contributed by atoms with Crippen molar-refractivity contribution in [3.8, 4) is 5.75 Å². The van der Waals surface area contributed by atoms with Crippen LogP contribution in [0.1, 0.15) is 36.9 Å². The van der Waals surface area contributed by atoms with Gasteiger partial charge in [-0.05, 0) is 49.1 Å². The molecule has 29 heavy (non-hydrogen) atoms. The molecule has 2 N–H and O–H groups in total. The van der Waals surface area contributed by atoms with E-state index in [4.69, 9.17) is 4.74 Å². The summed E-state index contributed by atoms with van der Waals surface area (Å²) in [6, 6.07) is 15.6. The molecule has 3 rings (SSSR count). The molecule has 0 aliphatic heterocycles. The van der Waals surface area contributed by atoms with Crippen molar-refractivity contribution in [3.63, 3.8) is 0 Å². The van der Waals surface area contributed by atoms with Gasteiger partial charge in [-0.2, -0.15) is 0 Å². The van der Waals surface area contributed by atoms with Gasteiger partial charge in [0.2, 0.25) is 11.8 Å². The molecule has 0 radical (unpaired) electrons. The van der Waals surface area contributed by atoms with E-state index in [1.165, 1.54) is 11.1 Å². The van der Waals surface area contributed by atoms with E-state index >= 15 is 0 Å². The van der Waals surface area contributed by atoms with Crippen molar-refractivity contribution in [2.75, 3.05) is 32.1 Å². The van der Waals surface area contributed by atoms with Crippen LogP contribution in [0.2, 0.25) is 0 Å². The number of rotatable bonds is 8. The molecule has 154 valence electrons. The third-order valence-corrected chi connectivity index (χ3v) is 5.24. The summed E-state index contributed by atoms with van der Waals surface area (Å²) in [5.41, 5.74) is 3.20. The second-order valence-corrected chi connectivity index (χ2v) is 7.29. The maximum absolute atomic E-state index is 12.6. The lowest BCUT2D eigenvalue weighted by molar-refractivity contribution is -0.124. The third-order valence-electron chi connectivity index (χ3n) is 5.24. The Morgan fingerprint density at radius 1 is 1.10 bits per heavy atom. The maximum Gasteiger partial charge on any atom is 0.238 e. The van der Waals surface area contributed by atoms with Gasteiger partial charge in [-0.3, -0.25) is 14.5 Å². The first-order valence-corrected chi connectivity index (χ1v) is 10.1. The predicted molar refractivity (Wildman–Crippen MR) is 114 cm³/mol. The number of benzene rings is 2. The zero-order chi connectivity index (χ0) is 20.6. The van der Waals surface area contributed by atoms with Crippen molar-refractivity contribution in [2.24, 2.45) is 0 Å². The summed E-state index contributed by atoms with van der Waals surface area (Å²) in [6.45, 7) is 2.91. The van der Waals surface area contributed by atoms with Crippen molar-refractivity contribution in [3.05, 3.63) is 59.7 Å². The average Bonchev–Trinajstić information content (AvgIpc) is 2.73. The Bertz CT molecular complexity index is 853. The topological polar surface area (TPSA) is 70.7 Å². The monoisotopic (exact) mass is 395 g/mol.